The summed E-state index contributed by atoms with van der Waals surface area (Å²) < 4.78 is 5.12. The Balaban J connectivity index is 2.73. The molecule has 0 aliphatic carbocycles. The van der Waals surface area contributed by atoms with E-state index in [1.54, 1.807) is 0 Å². The first-order valence-corrected chi connectivity index (χ1v) is 5.75. The Hall–Kier alpha value is -3.07. The van der Waals surface area contributed by atoms with Gasteiger partial charge in [-0.3, -0.25) is 9.80 Å². The van der Waals surface area contributed by atoms with Crippen LogP contribution < -0.4 is 21.3 Å². The lowest BCUT2D eigenvalue weighted by Crippen LogP contribution is -2.25. The van der Waals surface area contributed by atoms with Gasteiger partial charge in [0.2, 0.25) is 0 Å². The van der Waals surface area contributed by atoms with Crippen molar-refractivity contribution in [3.05, 3.63) is 30.4 Å². The fourth-order valence-corrected chi connectivity index (χ4v) is 1.91. The van der Waals surface area contributed by atoms with E-state index in [9.17, 15) is 9.59 Å². The number of hydrogen-bond acceptors (Lipinski definition) is 7. The molecule has 0 saturated heterocycles. The third kappa shape index (κ3) is 2.37. The SMILES string of the molecule is COc1cnc(N(N)/C=C\N)c2[nH]cc(C(=O)C(=O)O)c12. The fraction of sp³-hybridized carbons (Fsp3) is 0.0833. The van der Waals surface area contributed by atoms with Crippen LogP contribution in [0.4, 0.5) is 5.82 Å². The van der Waals surface area contributed by atoms with Crippen molar-refractivity contribution in [3.8, 4) is 5.75 Å². The second-order valence-corrected chi connectivity index (χ2v) is 3.99. The second kappa shape index (κ2) is 5.51. The number of nitrogens with two attached hydrogens (primary N) is 2. The molecule has 0 spiro atoms. The Morgan fingerprint density at radius 1 is 1.52 bits per heavy atom. The summed E-state index contributed by atoms with van der Waals surface area (Å²) in [5.74, 6) is 3.64. The first-order valence-electron chi connectivity index (χ1n) is 5.75. The van der Waals surface area contributed by atoms with Crippen LogP contribution in [0.2, 0.25) is 0 Å². The van der Waals surface area contributed by atoms with Crippen molar-refractivity contribution < 1.29 is 19.4 Å². The Kier molecular flexibility index (Phi) is 3.76. The van der Waals surface area contributed by atoms with Crippen molar-refractivity contribution in [2.24, 2.45) is 11.6 Å². The number of nitrogens with one attached hydrogen (secondary N) is 1. The lowest BCUT2D eigenvalue weighted by atomic mass is 10.1. The Bertz CT molecular complexity index is 737. The molecule has 0 amide bonds. The maximum Gasteiger partial charge on any atom is 0.377 e. The van der Waals surface area contributed by atoms with Crippen molar-refractivity contribution in [3.63, 3.8) is 0 Å². The Morgan fingerprint density at radius 2 is 2.24 bits per heavy atom. The zero-order chi connectivity index (χ0) is 15.6. The molecule has 0 bridgehead atoms. The maximum absolute atomic E-state index is 11.7. The maximum atomic E-state index is 11.7. The number of nitrogens with zero attached hydrogens (tertiary/aromatic N) is 2. The van der Waals surface area contributed by atoms with Gasteiger partial charge >= 0.3 is 5.97 Å². The molecule has 0 unspecified atom stereocenters. The average molecular weight is 291 g/mol. The number of methoxy groups -OCH3 is 1. The van der Waals surface area contributed by atoms with Gasteiger partial charge in [-0.1, -0.05) is 0 Å². The van der Waals surface area contributed by atoms with Gasteiger partial charge in [0, 0.05) is 18.6 Å². The monoisotopic (exact) mass is 291 g/mol. The summed E-state index contributed by atoms with van der Waals surface area (Å²) in [7, 11) is 1.39. The largest absolute Gasteiger partial charge is 0.494 e. The lowest BCUT2D eigenvalue weighted by Gasteiger charge is -2.14. The summed E-state index contributed by atoms with van der Waals surface area (Å²) in [5.41, 5.74) is 5.59. The summed E-state index contributed by atoms with van der Waals surface area (Å²) in [6, 6.07) is 0. The van der Waals surface area contributed by atoms with Crippen molar-refractivity contribution in [1.82, 2.24) is 9.97 Å². The number of carbonyl (C=O) groups excluding carboxylic acids is 1. The molecule has 2 heterocycles. The van der Waals surface area contributed by atoms with Crippen molar-refractivity contribution in [1.29, 1.82) is 0 Å². The van der Waals surface area contributed by atoms with Gasteiger partial charge in [-0.15, -0.1) is 0 Å². The number of carboxylic acids is 1. The van der Waals surface area contributed by atoms with E-state index < -0.39 is 11.8 Å². The van der Waals surface area contributed by atoms with Crippen LogP contribution >= 0.6 is 0 Å². The first-order chi connectivity index (χ1) is 10.0. The fourth-order valence-electron chi connectivity index (χ4n) is 1.91. The predicted octanol–water partition coefficient (Wildman–Crippen LogP) is -0.0512. The molecule has 0 radical (unpaired) electrons. The van der Waals surface area contributed by atoms with Crippen LogP contribution in [0.1, 0.15) is 10.4 Å². The molecular formula is C12H13N5O4. The molecule has 2 aromatic heterocycles. The number of aromatic amines is 1. The Morgan fingerprint density at radius 3 is 2.81 bits per heavy atom. The van der Waals surface area contributed by atoms with Gasteiger partial charge in [-0.05, 0) is 0 Å². The van der Waals surface area contributed by atoms with E-state index in [2.05, 4.69) is 9.97 Å². The van der Waals surface area contributed by atoms with Gasteiger partial charge in [-0.2, -0.15) is 0 Å². The normalized spacial score (nSPS) is 11.0. The molecular weight excluding hydrogens is 278 g/mol. The number of rotatable bonds is 5. The van der Waals surface area contributed by atoms with Gasteiger partial charge in [0.25, 0.3) is 5.78 Å². The third-order valence-electron chi connectivity index (χ3n) is 2.80. The van der Waals surface area contributed by atoms with E-state index in [0.29, 0.717) is 5.52 Å². The molecule has 110 valence electrons. The van der Waals surface area contributed by atoms with Crippen LogP contribution in [-0.4, -0.2) is 33.9 Å². The number of carboxylic acid groups (broad SMARTS) is 1. The predicted molar refractivity (Wildman–Crippen MR) is 74.6 cm³/mol. The van der Waals surface area contributed by atoms with E-state index in [-0.39, 0.29) is 22.5 Å². The summed E-state index contributed by atoms with van der Waals surface area (Å²) in [6.07, 6.45) is 5.18. The smallest absolute Gasteiger partial charge is 0.377 e. The number of carbonyl (C=O) groups is 2. The molecule has 0 aliphatic rings. The third-order valence-corrected chi connectivity index (χ3v) is 2.80. The number of aliphatic carboxylic acids is 1. The summed E-state index contributed by atoms with van der Waals surface area (Å²) in [4.78, 5) is 29.5. The molecule has 0 aliphatic heterocycles. The molecule has 2 aromatic rings. The molecule has 2 rings (SSSR count). The van der Waals surface area contributed by atoms with Crippen molar-refractivity contribution in [2.75, 3.05) is 12.1 Å². The molecule has 0 saturated carbocycles. The number of H-pyrrole nitrogens is 1. The summed E-state index contributed by atoms with van der Waals surface area (Å²) in [6.45, 7) is 0. The van der Waals surface area contributed by atoms with E-state index in [1.807, 2.05) is 0 Å². The minimum atomic E-state index is -1.57. The van der Waals surface area contributed by atoms with E-state index in [4.69, 9.17) is 21.4 Å². The van der Waals surface area contributed by atoms with Crippen molar-refractivity contribution >= 4 is 28.5 Å². The van der Waals surface area contributed by atoms with Crippen LogP contribution in [0.15, 0.2) is 24.8 Å². The van der Waals surface area contributed by atoms with Crippen LogP contribution in [-0.2, 0) is 4.79 Å². The van der Waals surface area contributed by atoms with Crippen LogP contribution in [0, 0.1) is 0 Å². The molecule has 0 fully saturated rings. The minimum absolute atomic E-state index is 0.0388. The van der Waals surface area contributed by atoms with Crippen molar-refractivity contribution in [2.45, 2.75) is 0 Å². The van der Waals surface area contributed by atoms with Crippen LogP contribution in [0.5, 0.6) is 5.75 Å². The number of ketones is 1. The number of hydrogen-bond donors (Lipinski definition) is 4. The van der Waals surface area contributed by atoms with Crippen LogP contribution in [0.3, 0.4) is 0 Å². The molecule has 0 atom stereocenters. The number of ether oxygens (including phenoxy) is 1. The first kappa shape index (κ1) is 14.3. The van der Waals surface area contributed by atoms with Gasteiger partial charge in [0.15, 0.2) is 5.82 Å². The van der Waals surface area contributed by atoms with E-state index in [1.165, 1.54) is 31.9 Å². The number of pyridine rings is 1. The molecule has 9 nitrogen and oxygen atoms in total. The number of anilines is 1. The minimum Gasteiger partial charge on any atom is -0.494 e. The lowest BCUT2D eigenvalue weighted by molar-refractivity contribution is -0.131. The highest BCUT2D eigenvalue weighted by atomic mass is 16.5. The average Bonchev–Trinajstić information content (AvgIpc) is 2.90. The van der Waals surface area contributed by atoms with Gasteiger partial charge in [0.05, 0.1) is 29.8 Å². The molecule has 21 heavy (non-hydrogen) atoms. The zero-order valence-corrected chi connectivity index (χ0v) is 11.0. The number of aromatic nitrogens is 2. The second-order valence-electron chi connectivity index (χ2n) is 3.99. The highest BCUT2D eigenvalue weighted by molar-refractivity contribution is 6.42. The zero-order valence-electron chi connectivity index (χ0n) is 11.0. The van der Waals surface area contributed by atoms with E-state index in [0.717, 1.165) is 5.01 Å². The highest BCUT2D eigenvalue weighted by Crippen LogP contribution is 2.33. The molecule has 6 N–H and O–H groups in total. The summed E-state index contributed by atoms with van der Waals surface area (Å²) >= 11 is 0. The topological polar surface area (TPSA) is 148 Å². The van der Waals surface area contributed by atoms with Crippen LogP contribution in [0.25, 0.3) is 10.9 Å². The molecule has 0 aromatic carbocycles. The molecule has 9 heteroatoms. The number of Topliss-reactive ketones (excluding diaryl/α,β-unsaturated/α-hetero) is 1. The van der Waals surface area contributed by atoms with Gasteiger partial charge in [0.1, 0.15) is 5.75 Å². The number of fused-ring (bicyclic) bond motifs is 1. The van der Waals surface area contributed by atoms with E-state index >= 15 is 0 Å². The Labute approximate surface area is 118 Å². The van der Waals surface area contributed by atoms with Gasteiger partial charge < -0.3 is 20.6 Å². The standard InChI is InChI=1S/C12H13N5O4/c1-21-7-5-16-11(17(14)3-2-13)9-8(7)6(4-15-9)10(18)12(19)20/h2-5,15H,13-14H2,1H3,(H,19,20)/b3-2-. The quantitative estimate of drug-likeness (QED) is 0.259. The van der Waals surface area contributed by atoms with Gasteiger partial charge in [-0.25, -0.2) is 15.6 Å². The number of hydrazine groups is 1. The summed E-state index contributed by atoms with van der Waals surface area (Å²) in [5, 5.41) is 10.3. The highest BCUT2D eigenvalue weighted by Gasteiger charge is 2.24.